The van der Waals surface area contributed by atoms with Gasteiger partial charge in [-0.2, -0.15) is 0 Å². The van der Waals surface area contributed by atoms with Gasteiger partial charge in [-0.25, -0.2) is 15.0 Å². The number of aromatic nitrogens is 4. The van der Waals surface area contributed by atoms with Crippen LogP contribution in [0.5, 0.6) is 0 Å². The van der Waals surface area contributed by atoms with Gasteiger partial charge in [0.2, 0.25) is 0 Å². The summed E-state index contributed by atoms with van der Waals surface area (Å²) >= 11 is 0. The second-order valence-corrected chi connectivity index (χ2v) is 13.5. The molecule has 0 N–H and O–H groups in total. The van der Waals surface area contributed by atoms with E-state index in [1.165, 1.54) is 22.3 Å². The molecule has 0 aliphatic carbocycles. The number of nitrogens with zero attached hydrogens (tertiary/aromatic N) is 4. The van der Waals surface area contributed by atoms with Crippen molar-refractivity contribution in [2.24, 2.45) is 0 Å². The third-order valence-electron chi connectivity index (χ3n) is 9.87. The van der Waals surface area contributed by atoms with Crippen LogP contribution < -0.4 is 0 Å². The smallest absolute Gasteiger partial charge is 0.164 e. The van der Waals surface area contributed by atoms with Gasteiger partial charge in [0, 0.05) is 29.1 Å². The number of hydrogen-bond acceptors (Lipinski definition) is 4. The van der Waals surface area contributed by atoms with Gasteiger partial charge in [0.15, 0.2) is 17.5 Å². The van der Waals surface area contributed by atoms with Gasteiger partial charge < -0.3 is 0 Å². The summed E-state index contributed by atoms with van der Waals surface area (Å²) in [6.45, 7) is 0. The van der Waals surface area contributed by atoms with Crippen LogP contribution in [0.4, 0.5) is 0 Å². The number of rotatable bonds is 9. The Bertz CT molecular complexity index is 2690. The molecule has 0 aliphatic heterocycles. The number of benzene rings is 7. The molecule has 0 radical (unpaired) electrons. The van der Waals surface area contributed by atoms with Gasteiger partial charge in [-0.15, -0.1) is 0 Å². The molecule has 4 nitrogen and oxygen atoms in total. The zero-order valence-electron chi connectivity index (χ0n) is 30.6. The first kappa shape index (κ1) is 34.2. The Labute approximate surface area is 327 Å². The molecule has 0 aliphatic rings. The predicted octanol–water partition coefficient (Wildman–Crippen LogP) is 12.6. The predicted molar refractivity (Wildman–Crippen MR) is 229 cm³/mol. The topological polar surface area (TPSA) is 51.6 Å². The van der Waals surface area contributed by atoms with E-state index in [1.807, 2.05) is 42.6 Å². The molecule has 9 aromatic rings. The van der Waals surface area contributed by atoms with Crippen molar-refractivity contribution >= 4 is 11.1 Å². The van der Waals surface area contributed by atoms with E-state index in [1.54, 1.807) is 6.20 Å². The van der Waals surface area contributed by atoms with Crippen LogP contribution >= 0.6 is 0 Å². The lowest BCUT2D eigenvalue weighted by Gasteiger charge is -2.19. The molecule has 0 bridgehead atoms. The summed E-state index contributed by atoms with van der Waals surface area (Å²) in [4.78, 5) is 19.2. The highest BCUT2D eigenvalue weighted by Crippen LogP contribution is 2.38. The highest BCUT2D eigenvalue weighted by molar-refractivity contribution is 6.05. The Kier molecular flexibility index (Phi) is 9.66. The summed E-state index contributed by atoms with van der Waals surface area (Å²) in [5.74, 6) is 1.87. The highest BCUT2D eigenvalue weighted by Gasteiger charge is 2.17. The van der Waals surface area contributed by atoms with E-state index < -0.39 is 0 Å². The average Bonchev–Trinajstić information content (AvgIpc) is 3.29. The van der Waals surface area contributed by atoms with Gasteiger partial charge in [-0.3, -0.25) is 4.98 Å². The molecule has 264 valence electrons. The quantitative estimate of drug-likeness (QED) is 0.140. The van der Waals surface area contributed by atoms with Crippen LogP contribution in [0.2, 0.25) is 0 Å². The maximum atomic E-state index is 5.01. The SMILES string of the molecule is c1ccc(C(=C(c2ccccc2)c2cccc(-c3ccc(-c4nc(-c5ccccc5)nc(-c5ccc(-c6cccnc6)cc5)n4)cc3)c2)c2ccccc2)cc1. The van der Waals surface area contributed by atoms with Crippen molar-refractivity contribution in [2.75, 3.05) is 0 Å². The van der Waals surface area contributed by atoms with Gasteiger partial charge in [0.25, 0.3) is 0 Å². The maximum absolute atomic E-state index is 5.01. The summed E-state index contributed by atoms with van der Waals surface area (Å²) in [6, 6.07) is 71.8. The van der Waals surface area contributed by atoms with E-state index in [0.29, 0.717) is 17.5 Å². The third-order valence-corrected chi connectivity index (χ3v) is 9.87. The number of hydrogen-bond donors (Lipinski definition) is 0. The normalized spacial score (nSPS) is 10.9. The van der Waals surface area contributed by atoms with Crippen molar-refractivity contribution in [2.45, 2.75) is 0 Å². The minimum Gasteiger partial charge on any atom is -0.264 e. The summed E-state index contributed by atoms with van der Waals surface area (Å²) in [6.07, 6.45) is 3.65. The Morgan fingerprint density at radius 2 is 0.625 bits per heavy atom. The van der Waals surface area contributed by atoms with Gasteiger partial charge >= 0.3 is 0 Å². The van der Waals surface area contributed by atoms with Crippen LogP contribution in [0.25, 0.3) is 67.6 Å². The van der Waals surface area contributed by atoms with E-state index >= 15 is 0 Å². The molecule has 0 spiro atoms. The van der Waals surface area contributed by atoms with Gasteiger partial charge in [-0.05, 0) is 67.8 Å². The van der Waals surface area contributed by atoms with Crippen molar-refractivity contribution in [3.05, 3.63) is 241 Å². The van der Waals surface area contributed by atoms with E-state index in [2.05, 4.69) is 175 Å². The van der Waals surface area contributed by atoms with Crippen LogP contribution in [0.15, 0.2) is 219 Å². The number of pyridine rings is 1. The highest BCUT2D eigenvalue weighted by atomic mass is 15.0. The standard InChI is InChI=1S/C52H36N4/c1-5-15-39(16-6-1)48(40-17-7-2-8-18-40)49(41-19-9-3-10-20-41)46-24-13-23-45(35-46)37-26-30-43(31-27-37)51-54-50(42-21-11-4-12-22-42)55-52(56-51)44-32-28-38(29-33-44)47-25-14-34-53-36-47/h1-36H. The van der Waals surface area contributed by atoms with Crippen LogP contribution in [-0.2, 0) is 0 Å². The van der Waals surface area contributed by atoms with Crippen LogP contribution in [0, 0.1) is 0 Å². The summed E-state index contributed by atoms with van der Waals surface area (Å²) < 4.78 is 0. The fourth-order valence-electron chi connectivity index (χ4n) is 7.09. The Hall–Kier alpha value is -7.56. The fourth-order valence-corrected chi connectivity index (χ4v) is 7.09. The summed E-state index contributed by atoms with van der Waals surface area (Å²) in [5.41, 5.74) is 14.2. The van der Waals surface area contributed by atoms with Crippen molar-refractivity contribution in [1.82, 2.24) is 19.9 Å². The molecule has 0 amide bonds. The Morgan fingerprint density at radius 1 is 0.268 bits per heavy atom. The third kappa shape index (κ3) is 7.32. The molecule has 0 unspecified atom stereocenters. The lowest BCUT2D eigenvalue weighted by atomic mass is 9.85. The largest absolute Gasteiger partial charge is 0.264 e. The minimum atomic E-state index is 0.621. The molecule has 0 saturated heterocycles. The molecule has 9 rings (SSSR count). The lowest BCUT2D eigenvalue weighted by Crippen LogP contribution is -2.00. The molecule has 0 atom stereocenters. The monoisotopic (exact) mass is 716 g/mol. The van der Waals surface area contributed by atoms with Gasteiger partial charge in [0.1, 0.15) is 0 Å². The second kappa shape index (κ2) is 15.8. The van der Waals surface area contributed by atoms with Crippen molar-refractivity contribution in [1.29, 1.82) is 0 Å². The Morgan fingerprint density at radius 3 is 1.09 bits per heavy atom. The summed E-state index contributed by atoms with van der Waals surface area (Å²) in [5, 5.41) is 0. The molecule has 2 heterocycles. The van der Waals surface area contributed by atoms with Crippen molar-refractivity contribution in [3.63, 3.8) is 0 Å². The van der Waals surface area contributed by atoms with E-state index in [4.69, 9.17) is 15.0 Å². The molecule has 0 fully saturated rings. The fraction of sp³-hybridized carbons (Fsp3) is 0. The van der Waals surface area contributed by atoms with Crippen molar-refractivity contribution < 1.29 is 0 Å². The van der Waals surface area contributed by atoms with E-state index in [9.17, 15) is 0 Å². The van der Waals surface area contributed by atoms with Crippen LogP contribution in [0.3, 0.4) is 0 Å². The molecule has 0 saturated carbocycles. The lowest BCUT2D eigenvalue weighted by molar-refractivity contribution is 1.07. The first-order valence-electron chi connectivity index (χ1n) is 18.7. The zero-order chi connectivity index (χ0) is 37.5. The first-order valence-corrected chi connectivity index (χ1v) is 18.7. The van der Waals surface area contributed by atoms with Crippen LogP contribution in [0.1, 0.15) is 22.3 Å². The molecule has 7 aromatic carbocycles. The van der Waals surface area contributed by atoms with E-state index in [0.717, 1.165) is 50.1 Å². The van der Waals surface area contributed by atoms with Gasteiger partial charge in [-0.1, -0.05) is 194 Å². The van der Waals surface area contributed by atoms with E-state index in [-0.39, 0.29) is 0 Å². The molecular weight excluding hydrogens is 681 g/mol. The summed E-state index contributed by atoms with van der Waals surface area (Å²) in [7, 11) is 0. The molecular formula is C52H36N4. The second-order valence-electron chi connectivity index (χ2n) is 13.5. The average molecular weight is 717 g/mol. The molecule has 56 heavy (non-hydrogen) atoms. The van der Waals surface area contributed by atoms with Gasteiger partial charge in [0.05, 0.1) is 0 Å². The minimum absolute atomic E-state index is 0.621. The molecule has 4 heteroatoms. The molecule has 2 aromatic heterocycles. The Balaban J connectivity index is 1.11. The van der Waals surface area contributed by atoms with Crippen molar-refractivity contribution in [3.8, 4) is 56.4 Å². The first-order chi connectivity index (χ1) is 27.8. The van der Waals surface area contributed by atoms with Crippen LogP contribution in [-0.4, -0.2) is 19.9 Å². The zero-order valence-corrected chi connectivity index (χ0v) is 30.6. The maximum Gasteiger partial charge on any atom is 0.164 e.